The van der Waals surface area contributed by atoms with Gasteiger partial charge in [0.05, 0.1) is 6.61 Å². The van der Waals surface area contributed by atoms with E-state index in [2.05, 4.69) is 24.1 Å². The van der Waals surface area contributed by atoms with Crippen molar-refractivity contribution in [1.29, 1.82) is 0 Å². The monoisotopic (exact) mass is 212 g/mol. The van der Waals surface area contributed by atoms with Gasteiger partial charge in [-0.2, -0.15) is 0 Å². The summed E-state index contributed by atoms with van der Waals surface area (Å²) in [5, 5.41) is 3.21. The molecule has 0 saturated heterocycles. The number of aromatic nitrogens is 1. The average molecular weight is 212 g/mol. The van der Waals surface area contributed by atoms with Crippen molar-refractivity contribution in [2.75, 3.05) is 11.9 Å². The van der Waals surface area contributed by atoms with Crippen LogP contribution in [-0.4, -0.2) is 17.6 Å². The average Bonchev–Trinajstić information content (AvgIpc) is 2.21. The van der Waals surface area contributed by atoms with E-state index in [9.17, 15) is 0 Å². The van der Waals surface area contributed by atoms with Crippen LogP contribution in [0.1, 0.15) is 36.0 Å². The topological polar surface area (TPSA) is 34.1 Å². The fourth-order valence-corrected chi connectivity index (χ4v) is 1.04. The molecule has 0 fully saturated rings. The molecular weight excluding hydrogens is 188 g/mol. The molecule has 0 radical (unpaired) electrons. The molecule has 0 spiro atoms. The van der Waals surface area contributed by atoms with E-state index in [1.54, 1.807) is 6.20 Å². The highest BCUT2D eigenvalue weighted by atomic mass is 16.5. The van der Waals surface area contributed by atoms with Crippen LogP contribution in [0.4, 0.5) is 5.82 Å². The van der Waals surface area contributed by atoms with Crippen molar-refractivity contribution in [2.24, 2.45) is 0 Å². The first-order valence-corrected chi connectivity index (χ1v) is 5.57. The number of nitrogens with one attached hydrogen (secondary N) is 1. The molecule has 0 aromatic carbocycles. The number of pyridine rings is 1. The second-order valence-corrected chi connectivity index (χ2v) is 3.11. The normalized spacial score (nSPS) is 9.20. The lowest BCUT2D eigenvalue weighted by molar-refractivity contribution is 0.340. The molecule has 0 saturated carbocycles. The maximum Gasteiger partial charge on any atom is 0.129 e. The zero-order chi connectivity index (χ0) is 11.7. The lowest BCUT2D eigenvalue weighted by atomic mass is 10.3. The molecule has 1 rings (SSSR count). The SMILES string of the molecule is CC.CCOc1ccnc(NC(C)C)c1.[HH]. The molecule has 0 bridgehead atoms. The van der Waals surface area contributed by atoms with Crippen LogP contribution in [0.25, 0.3) is 0 Å². The summed E-state index contributed by atoms with van der Waals surface area (Å²) in [7, 11) is 0. The largest absolute Gasteiger partial charge is 0.494 e. The molecule has 15 heavy (non-hydrogen) atoms. The number of anilines is 1. The Morgan fingerprint density at radius 1 is 1.47 bits per heavy atom. The summed E-state index contributed by atoms with van der Waals surface area (Å²) in [6.07, 6.45) is 1.75. The highest BCUT2D eigenvalue weighted by Gasteiger charge is 1.98. The molecule has 1 aromatic rings. The minimum Gasteiger partial charge on any atom is -0.494 e. The molecule has 0 unspecified atom stereocenters. The molecule has 0 amide bonds. The predicted octanol–water partition coefficient (Wildman–Crippen LogP) is 3.57. The molecule has 3 heteroatoms. The van der Waals surface area contributed by atoms with E-state index in [0.29, 0.717) is 12.6 Å². The summed E-state index contributed by atoms with van der Waals surface area (Å²) in [6, 6.07) is 4.16. The Morgan fingerprint density at radius 2 is 2.13 bits per heavy atom. The highest BCUT2D eigenvalue weighted by molar-refractivity contribution is 5.41. The van der Waals surface area contributed by atoms with Gasteiger partial charge in [-0.25, -0.2) is 4.98 Å². The maximum absolute atomic E-state index is 5.35. The van der Waals surface area contributed by atoms with Crippen LogP contribution in [0.3, 0.4) is 0 Å². The molecular formula is C12H24N2O. The van der Waals surface area contributed by atoms with Crippen molar-refractivity contribution < 1.29 is 6.16 Å². The third-order valence-corrected chi connectivity index (χ3v) is 1.48. The van der Waals surface area contributed by atoms with E-state index in [1.807, 2.05) is 32.9 Å². The second kappa shape index (κ2) is 8.09. The first kappa shape index (κ1) is 13.8. The lowest BCUT2D eigenvalue weighted by Crippen LogP contribution is -2.10. The van der Waals surface area contributed by atoms with E-state index < -0.39 is 0 Å². The van der Waals surface area contributed by atoms with Crippen molar-refractivity contribution >= 4 is 5.82 Å². The molecule has 1 N–H and O–H groups in total. The molecule has 3 nitrogen and oxygen atoms in total. The third kappa shape index (κ3) is 5.94. The van der Waals surface area contributed by atoms with Gasteiger partial charge in [-0.1, -0.05) is 13.8 Å². The van der Waals surface area contributed by atoms with E-state index in [4.69, 9.17) is 4.74 Å². The van der Waals surface area contributed by atoms with Crippen LogP contribution in [0.5, 0.6) is 5.75 Å². The Morgan fingerprint density at radius 3 is 2.67 bits per heavy atom. The highest BCUT2D eigenvalue weighted by Crippen LogP contribution is 2.14. The van der Waals surface area contributed by atoms with Gasteiger partial charge in [-0.3, -0.25) is 0 Å². The lowest BCUT2D eigenvalue weighted by Gasteiger charge is -2.09. The number of hydrogen-bond acceptors (Lipinski definition) is 3. The summed E-state index contributed by atoms with van der Waals surface area (Å²) in [5.41, 5.74) is 0. The van der Waals surface area contributed by atoms with Crippen LogP contribution in [0, 0.1) is 0 Å². The quantitative estimate of drug-likeness (QED) is 0.828. The van der Waals surface area contributed by atoms with Crippen molar-refractivity contribution in [1.82, 2.24) is 4.98 Å². The number of hydrogen-bond donors (Lipinski definition) is 1. The minimum atomic E-state index is 0. The van der Waals surface area contributed by atoms with E-state index >= 15 is 0 Å². The zero-order valence-corrected chi connectivity index (χ0v) is 10.4. The summed E-state index contributed by atoms with van der Waals surface area (Å²) in [5.74, 6) is 1.72. The predicted molar refractivity (Wildman–Crippen MR) is 67.6 cm³/mol. The van der Waals surface area contributed by atoms with Crippen molar-refractivity contribution in [3.63, 3.8) is 0 Å². The Labute approximate surface area is 94.4 Å². The van der Waals surface area contributed by atoms with Crippen LogP contribution in [-0.2, 0) is 0 Å². The molecule has 0 aliphatic carbocycles. The maximum atomic E-state index is 5.35. The van der Waals surface area contributed by atoms with Crippen LogP contribution in [0.2, 0.25) is 0 Å². The minimum absolute atomic E-state index is 0. The van der Waals surface area contributed by atoms with Crippen LogP contribution < -0.4 is 10.1 Å². The first-order chi connectivity index (χ1) is 7.22. The molecule has 1 heterocycles. The van der Waals surface area contributed by atoms with Gasteiger partial charge in [0.15, 0.2) is 0 Å². The Balaban J connectivity index is 0. The fraction of sp³-hybridized carbons (Fsp3) is 0.583. The molecule has 0 aliphatic rings. The van der Waals surface area contributed by atoms with Gasteiger partial charge in [0, 0.05) is 19.7 Å². The van der Waals surface area contributed by atoms with Crippen molar-refractivity contribution in [3.05, 3.63) is 18.3 Å². The number of ether oxygens (including phenoxy) is 1. The van der Waals surface area contributed by atoms with Gasteiger partial charge in [-0.15, -0.1) is 0 Å². The third-order valence-electron chi connectivity index (χ3n) is 1.48. The molecule has 0 atom stereocenters. The fourth-order valence-electron chi connectivity index (χ4n) is 1.04. The van der Waals surface area contributed by atoms with Gasteiger partial charge >= 0.3 is 0 Å². The summed E-state index contributed by atoms with van der Waals surface area (Å²) >= 11 is 0. The van der Waals surface area contributed by atoms with Gasteiger partial charge in [0.1, 0.15) is 11.6 Å². The van der Waals surface area contributed by atoms with Crippen molar-refractivity contribution in [3.8, 4) is 5.75 Å². The smallest absolute Gasteiger partial charge is 0.129 e. The van der Waals surface area contributed by atoms with Crippen LogP contribution in [0.15, 0.2) is 18.3 Å². The second-order valence-electron chi connectivity index (χ2n) is 3.11. The van der Waals surface area contributed by atoms with E-state index in [-0.39, 0.29) is 1.43 Å². The molecule has 88 valence electrons. The summed E-state index contributed by atoms with van der Waals surface area (Å²) in [6.45, 7) is 10.8. The summed E-state index contributed by atoms with van der Waals surface area (Å²) < 4.78 is 5.35. The van der Waals surface area contributed by atoms with E-state index in [0.717, 1.165) is 11.6 Å². The van der Waals surface area contributed by atoms with E-state index in [1.165, 1.54) is 0 Å². The van der Waals surface area contributed by atoms with Gasteiger partial charge < -0.3 is 10.1 Å². The standard InChI is InChI=1S/C10H16N2O.C2H6.H2/c1-4-13-9-5-6-11-10(7-9)12-8(2)3;1-2;/h5-8H,4H2,1-3H3,(H,11,12);1-2H3;1H. The Bertz CT molecular complexity index is 267. The number of nitrogens with zero attached hydrogens (tertiary/aromatic N) is 1. The van der Waals surface area contributed by atoms with Crippen LogP contribution >= 0.6 is 0 Å². The van der Waals surface area contributed by atoms with Gasteiger partial charge in [0.25, 0.3) is 0 Å². The van der Waals surface area contributed by atoms with Crippen molar-refractivity contribution in [2.45, 2.75) is 40.7 Å². The molecule has 1 aromatic heterocycles. The zero-order valence-electron chi connectivity index (χ0n) is 10.4. The Kier molecular flexibility index (Phi) is 7.42. The first-order valence-electron chi connectivity index (χ1n) is 5.57. The summed E-state index contributed by atoms with van der Waals surface area (Å²) in [4.78, 5) is 4.17. The van der Waals surface area contributed by atoms with Gasteiger partial charge in [-0.05, 0) is 26.8 Å². The Hall–Kier alpha value is -1.25. The number of rotatable bonds is 4. The van der Waals surface area contributed by atoms with Gasteiger partial charge in [0.2, 0.25) is 0 Å². The molecule has 0 aliphatic heterocycles.